The van der Waals surface area contributed by atoms with Crippen LogP contribution in [0.3, 0.4) is 0 Å². The fraction of sp³-hybridized carbons (Fsp3) is 0.190. The lowest BCUT2D eigenvalue weighted by Gasteiger charge is -2.16. The van der Waals surface area contributed by atoms with Crippen LogP contribution in [0.2, 0.25) is 0 Å². The number of hydrogen-bond donors (Lipinski definition) is 4. The van der Waals surface area contributed by atoms with E-state index in [4.69, 9.17) is 15.6 Å². The number of carbonyl (C=O) groups is 2. The molecule has 0 bridgehead atoms. The van der Waals surface area contributed by atoms with Crippen LogP contribution in [0.15, 0.2) is 41.4 Å². The zero-order chi connectivity index (χ0) is 24.3. The summed E-state index contributed by atoms with van der Waals surface area (Å²) in [5, 5.41) is 14.0. The highest BCUT2D eigenvalue weighted by Gasteiger charge is 2.21. The molecular formula is C21H21FN4O6S. The van der Waals surface area contributed by atoms with Crippen molar-refractivity contribution in [2.45, 2.75) is 11.8 Å². The standard InChI is InChI=1S/C21H21FN4O6S/c1-11-7-13(33(30,31)6-5-24-21(28)29)9-14-18(11)25-10-15(20(23)27)19(14)26-12-3-4-16(22)17(8-12)32-2/h3-4,7-10,24H,5-6H2,1-2H3,(H2,23,27)(H,25,26)(H,28,29). The smallest absolute Gasteiger partial charge is 0.404 e. The molecule has 2 amide bonds. The molecule has 12 heteroatoms. The van der Waals surface area contributed by atoms with Crippen molar-refractivity contribution < 1.29 is 32.2 Å². The molecule has 2 aromatic carbocycles. The first-order valence-electron chi connectivity index (χ1n) is 9.56. The van der Waals surface area contributed by atoms with E-state index >= 15 is 0 Å². The molecular weight excluding hydrogens is 455 g/mol. The second-order valence-corrected chi connectivity index (χ2v) is 9.18. The van der Waals surface area contributed by atoms with E-state index in [0.717, 1.165) is 0 Å². The first-order valence-corrected chi connectivity index (χ1v) is 11.2. The molecule has 0 unspecified atom stereocenters. The van der Waals surface area contributed by atoms with Gasteiger partial charge in [0, 0.05) is 29.9 Å². The van der Waals surface area contributed by atoms with Crippen molar-refractivity contribution in [1.82, 2.24) is 10.3 Å². The monoisotopic (exact) mass is 476 g/mol. The molecule has 10 nitrogen and oxygen atoms in total. The van der Waals surface area contributed by atoms with Gasteiger partial charge < -0.3 is 26.2 Å². The normalized spacial score (nSPS) is 11.2. The number of anilines is 2. The molecule has 0 saturated heterocycles. The molecule has 0 fully saturated rings. The van der Waals surface area contributed by atoms with Crippen molar-refractivity contribution in [3.63, 3.8) is 0 Å². The van der Waals surface area contributed by atoms with Crippen LogP contribution in [0.1, 0.15) is 15.9 Å². The quantitative estimate of drug-likeness (QED) is 0.386. The number of rotatable bonds is 8. The number of primary amides is 1. The third-order valence-corrected chi connectivity index (χ3v) is 6.52. The SMILES string of the molecule is COc1cc(Nc2c(C(N)=O)cnc3c(C)cc(S(=O)(=O)CCNC(=O)O)cc23)ccc1F. The Morgan fingerprint density at radius 2 is 1.97 bits per heavy atom. The number of carbonyl (C=O) groups excluding carboxylic acids is 1. The van der Waals surface area contributed by atoms with Gasteiger partial charge >= 0.3 is 6.09 Å². The van der Waals surface area contributed by atoms with E-state index in [0.29, 0.717) is 22.2 Å². The van der Waals surface area contributed by atoms with Gasteiger partial charge in [-0.25, -0.2) is 17.6 Å². The summed E-state index contributed by atoms with van der Waals surface area (Å²) in [7, 11) is -2.57. The lowest BCUT2D eigenvalue weighted by molar-refractivity contribution is 0.100. The molecule has 0 aliphatic heterocycles. The number of benzene rings is 2. The van der Waals surface area contributed by atoms with Crippen molar-refractivity contribution in [3.8, 4) is 5.75 Å². The molecule has 1 aromatic heterocycles. The van der Waals surface area contributed by atoms with Crippen LogP contribution in [0, 0.1) is 12.7 Å². The van der Waals surface area contributed by atoms with E-state index in [2.05, 4.69) is 10.3 Å². The Morgan fingerprint density at radius 1 is 1.24 bits per heavy atom. The number of nitrogens with two attached hydrogens (primary N) is 1. The number of amides is 2. The third kappa shape index (κ3) is 5.12. The maximum Gasteiger partial charge on any atom is 0.404 e. The van der Waals surface area contributed by atoms with Gasteiger partial charge in [-0.1, -0.05) is 0 Å². The molecule has 3 aromatic rings. The lowest BCUT2D eigenvalue weighted by atomic mass is 10.1. The Hall–Kier alpha value is -3.93. The fourth-order valence-electron chi connectivity index (χ4n) is 3.24. The van der Waals surface area contributed by atoms with Crippen LogP contribution in [0.25, 0.3) is 10.9 Å². The number of sulfone groups is 1. The van der Waals surface area contributed by atoms with Crippen molar-refractivity contribution in [1.29, 1.82) is 0 Å². The molecule has 5 N–H and O–H groups in total. The Kier molecular flexibility index (Phi) is 6.68. The number of hydrogen-bond acceptors (Lipinski definition) is 7. The van der Waals surface area contributed by atoms with Crippen LogP contribution in [0.4, 0.5) is 20.6 Å². The molecule has 0 radical (unpaired) electrons. The highest BCUT2D eigenvalue weighted by atomic mass is 32.2. The number of nitrogens with one attached hydrogen (secondary N) is 2. The van der Waals surface area contributed by atoms with Gasteiger partial charge in [0.1, 0.15) is 0 Å². The number of nitrogens with zero attached hydrogens (tertiary/aromatic N) is 1. The number of aryl methyl sites for hydroxylation is 1. The zero-order valence-electron chi connectivity index (χ0n) is 17.7. The topological polar surface area (TPSA) is 161 Å². The van der Waals surface area contributed by atoms with Crippen molar-refractivity contribution >= 4 is 44.1 Å². The summed E-state index contributed by atoms with van der Waals surface area (Å²) < 4.78 is 44.4. The molecule has 0 aliphatic carbocycles. The fourth-order valence-corrected chi connectivity index (χ4v) is 4.50. The molecule has 0 aliphatic rings. The Balaban J connectivity index is 2.17. The average Bonchev–Trinajstić information content (AvgIpc) is 2.74. The van der Waals surface area contributed by atoms with E-state index in [9.17, 15) is 22.4 Å². The maximum atomic E-state index is 13.8. The second kappa shape index (κ2) is 9.28. The van der Waals surface area contributed by atoms with E-state index in [-0.39, 0.29) is 28.4 Å². The van der Waals surface area contributed by atoms with Crippen LogP contribution < -0.4 is 21.1 Å². The van der Waals surface area contributed by atoms with Gasteiger partial charge in [-0.3, -0.25) is 9.78 Å². The van der Waals surface area contributed by atoms with Gasteiger partial charge in [-0.2, -0.15) is 0 Å². The summed E-state index contributed by atoms with van der Waals surface area (Å²) in [5.41, 5.74) is 6.97. The Labute approximate surface area is 188 Å². The minimum Gasteiger partial charge on any atom is -0.494 e. The van der Waals surface area contributed by atoms with Gasteiger partial charge in [-0.05, 0) is 36.8 Å². The molecule has 0 atom stereocenters. The summed E-state index contributed by atoms with van der Waals surface area (Å²) >= 11 is 0. The maximum absolute atomic E-state index is 13.8. The summed E-state index contributed by atoms with van der Waals surface area (Å²) in [4.78, 5) is 26.9. The Bertz CT molecular complexity index is 1360. The molecule has 3 rings (SSSR count). The van der Waals surface area contributed by atoms with Gasteiger partial charge in [0.05, 0.1) is 34.5 Å². The van der Waals surface area contributed by atoms with E-state index < -0.39 is 33.4 Å². The van der Waals surface area contributed by atoms with Crippen molar-refractivity contribution in [3.05, 3.63) is 53.5 Å². The highest BCUT2D eigenvalue weighted by molar-refractivity contribution is 7.91. The number of ether oxygens (including phenoxy) is 1. The summed E-state index contributed by atoms with van der Waals surface area (Å²) in [6.45, 7) is 1.35. The predicted molar refractivity (Wildman–Crippen MR) is 119 cm³/mol. The van der Waals surface area contributed by atoms with Crippen molar-refractivity contribution in [2.24, 2.45) is 5.73 Å². The summed E-state index contributed by atoms with van der Waals surface area (Å²) in [5.74, 6) is -1.90. The van der Waals surface area contributed by atoms with Crippen LogP contribution >= 0.6 is 0 Å². The zero-order valence-corrected chi connectivity index (χ0v) is 18.5. The van der Waals surface area contributed by atoms with Gasteiger partial charge in [0.25, 0.3) is 5.91 Å². The third-order valence-electron chi connectivity index (χ3n) is 4.83. The highest BCUT2D eigenvalue weighted by Crippen LogP contribution is 2.34. The van der Waals surface area contributed by atoms with Crippen LogP contribution in [-0.2, 0) is 9.84 Å². The lowest BCUT2D eigenvalue weighted by Crippen LogP contribution is -2.27. The first-order chi connectivity index (χ1) is 15.5. The predicted octanol–water partition coefficient (Wildman–Crippen LogP) is 2.57. The molecule has 33 heavy (non-hydrogen) atoms. The van der Waals surface area contributed by atoms with Gasteiger partial charge in [0.2, 0.25) is 0 Å². The number of methoxy groups -OCH3 is 1. The molecule has 174 valence electrons. The number of aromatic nitrogens is 1. The van der Waals surface area contributed by atoms with E-state index in [1.807, 2.05) is 5.32 Å². The average molecular weight is 476 g/mol. The number of pyridine rings is 1. The molecule has 0 saturated carbocycles. The number of carboxylic acid groups (broad SMARTS) is 1. The van der Waals surface area contributed by atoms with Gasteiger partial charge in [0.15, 0.2) is 21.4 Å². The summed E-state index contributed by atoms with van der Waals surface area (Å²) in [6.07, 6.45) is -0.0671. The number of fused-ring (bicyclic) bond motifs is 1. The minimum atomic E-state index is -3.88. The molecule has 1 heterocycles. The molecule has 0 spiro atoms. The van der Waals surface area contributed by atoms with E-state index in [1.54, 1.807) is 6.92 Å². The minimum absolute atomic E-state index is 0.00714. The van der Waals surface area contributed by atoms with Crippen LogP contribution in [-0.4, -0.2) is 49.9 Å². The Morgan fingerprint density at radius 3 is 2.61 bits per heavy atom. The number of halogens is 1. The largest absolute Gasteiger partial charge is 0.494 e. The van der Waals surface area contributed by atoms with Gasteiger partial charge in [-0.15, -0.1) is 0 Å². The van der Waals surface area contributed by atoms with E-state index in [1.165, 1.54) is 43.6 Å². The van der Waals surface area contributed by atoms with Crippen molar-refractivity contribution in [2.75, 3.05) is 24.7 Å². The second-order valence-electron chi connectivity index (χ2n) is 7.07. The summed E-state index contributed by atoms with van der Waals surface area (Å²) in [6, 6.07) is 6.71. The first kappa shape index (κ1) is 23.7. The van der Waals surface area contributed by atoms with Crippen LogP contribution in [0.5, 0.6) is 5.75 Å².